The highest BCUT2D eigenvalue weighted by Crippen LogP contribution is 2.60. The van der Waals surface area contributed by atoms with Gasteiger partial charge in [0.2, 0.25) is 0 Å². The van der Waals surface area contributed by atoms with Crippen molar-refractivity contribution in [3.05, 3.63) is 281 Å². The Balaban J connectivity index is 1.04. The van der Waals surface area contributed by atoms with E-state index in [1.165, 1.54) is 100 Å². The van der Waals surface area contributed by atoms with E-state index in [2.05, 4.69) is 269 Å². The lowest BCUT2D eigenvalue weighted by Crippen LogP contribution is -2.29. The number of anilines is 3. The highest BCUT2D eigenvalue weighted by Gasteiger charge is 2.47. The molecule has 68 heavy (non-hydrogen) atoms. The molecular weight excluding hydrogens is 819 g/mol. The van der Waals surface area contributed by atoms with Crippen molar-refractivity contribution >= 4 is 17.1 Å². The molecule has 0 radical (unpaired) electrons. The van der Waals surface area contributed by atoms with Crippen molar-refractivity contribution in [1.29, 1.82) is 0 Å². The summed E-state index contributed by atoms with van der Waals surface area (Å²) in [5, 5.41) is 0. The smallest absolute Gasteiger partial charge is 0.0714 e. The molecule has 0 amide bonds. The molecule has 10 aromatic carbocycles. The topological polar surface area (TPSA) is 3.24 Å². The van der Waals surface area contributed by atoms with Gasteiger partial charge < -0.3 is 4.90 Å². The normalized spacial score (nSPS) is 14.8. The maximum absolute atomic E-state index is 2.53. The number of nitrogens with zero attached hydrogens (tertiary/aromatic N) is 1. The predicted molar refractivity (Wildman–Crippen MR) is 284 cm³/mol. The number of fused-ring (bicyclic) bond motifs is 9. The van der Waals surface area contributed by atoms with Crippen LogP contribution in [0.25, 0.3) is 55.6 Å². The van der Waals surface area contributed by atoms with Crippen LogP contribution in [0.1, 0.15) is 72.2 Å². The molecule has 0 saturated carbocycles. The van der Waals surface area contributed by atoms with E-state index in [-0.39, 0.29) is 10.8 Å². The summed E-state index contributed by atoms with van der Waals surface area (Å²) >= 11 is 0. The summed E-state index contributed by atoms with van der Waals surface area (Å²) < 4.78 is 0. The van der Waals surface area contributed by atoms with Gasteiger partial charge >= 0.3 is 0 Å². The molecule has 1 nitrogen and oxygen atoms in total. The van der Waals surface area contributed by atoms with Gasteiger partial charge in [0.25, 0.3) is 0 Å². The molecule has 0 aromatic heterocycles. The molecule has 1 heteroatoms. The van der Waals surface area contributed by atoms with Crippen LogP contribution in [0.15, 0.2) is 237 Å². The average molecular weight is 870 g/mol. The molecule has 0 unspecified atom stereocenters. The maximum atomic E-state index is 2.53. The lowest BCUT2D eigenvalue weighted by atomic mass is 9.67. The first-order valence-electron chi connectivity index (χ1n) is 24.1. The van der Waals surface area contributed by atoms with Crippen LogP contribution in [0.5, 0.6) is 0 Å². The van der Waals surface area contributed by atoms with Gasteiger partial charge in [-0.15, -0.1) is 0 Å². The van der Waals surface area contributed by atoms with E-state index in [4.69, 9.17) is 0 Å². The van der Waals surface area contributed by atoms with Crippen molar-refractivity contribution in [2.75, 3.05) is 4.90 Å². The monoisotopic (exact) mass is 869 g/mol. The third-order valence-electron chi connectivity index (χ3n) is 15.8. The number of hydrogen-bond acceptors (Lipinski definition) is 1. The first kappa shape index (κ1) is 40.3. The van der Waals surface area contributed by atoms with E-state index in [1.54, 1.807) is 0 Å². The highest BCUT2D eigenvalue weighted by molar-refractivity contribution is 5.96. The largest absolute Gasteiger partial charge is 0.310 e. The van der Waals surface area contributed by atoms with Crippen LogP contribution < -0.4 is 4.90 Å². The van der Waals surface area contributed by atoms with Crippen LogP contribution in [0.2, 0.25) is 0 Å². The van der Waals surface area contributed by atoms with Gasteiger partial charge in [0, 0.05) is 27.9 Å². The zero-order chi connectivity index (χ0) is 45.8. The van der Waals surface area contributed by atoms with Gasteiger partial charge in [0.05, 0.1) is 5.41 Å². The van der Waals surface area contributed by atoms with E-state index >= 15 is 0 Å². The fourth-order valence-electron chi connectivity index (χ4n) is 12.5. The molecule has 0 saturated heterocycles. The van der Waals surface area contributed by atoms with Crippen molar-refractivity contribution in [1.82, 2.24) is 0 Å². The SMILES string of the molecule is CC1(C)c2ccccc2-c2ccc(N(c3ccc(-c4ccccc4)cc3)c3ccc4c(c3)C(c3ccccc3)(c3ccccc3)c3cc(-c5cccc6c5-c5ccccc5C6(C)C)ccc3-4)cc21. The molecule has 13 rings (SSSR count). The summed E-state index contributed by atoms with van der Waals surface area (Å²) in [5.41, 5.74) is 25.9. The Morgan fingerprint density at radius 1 is 0.265 bits per heavy atom. The summed E-state index contributed by atoms with van der Waals surface area (Å²) in [6, 6.07) is 88.9. The molecule has 0 atom stereocenters. The molecular formula is C67H51N. The highest BCUT2D eigenvalue weighted by atomic mass is 15.1. The Kier molecular flexibility index (Phi) is 8.89. The van der Waals surface area contributed by atoms with Crippen LogP contribution in [-0.4, -0.2) is 0 Å². The first-order chi connectivity index (χ1) is 33.2. The summed E-state index contributed by atoms with van der Waals surface area (Å²) in [4.78, 5) is 2.48. The van der Waals surface area contributed by atoms with Crippen LogP contribution in [-0.2, 0) is 16.2 Å². The van der Waals surface area contributed by atoms with Gasteiger partial charge in [-0.3, -0.25) is 0 Å². The molecule has 3 aliphatic carbocycles. The van der Waals surface area contributed by atoms with E-state index in [0.717, 1.165) is 17.1 Å². The van der Waals surface area contributed by atoms with Gasteiger partial charge in [-0.05, 0) is 143 Å². The number of rotatable bonds is 7. The second-order valence-electron chi connectivity index (χ2n) is 20.0. The lowest BCUT2D eigenvalue weighted by molar-refractivity contribution is 0.660. The van der Waals surface area contributed by atoms with Crippen LogP contribution in [0, 0.1) is 0 Å². The fourth-order valence-corrected chi connectivity index (χ4v) is 12.5. The molecule has 0 bridgehead atoms. The molecule has 324 valence electrons. The average Bonchev–Trinajstić information content (AvgIpc) is 3.91. The Morgan fingerprint density at radius 3 is 1.32 bits per heavy atom. The van der Waals surface area contributed by atoms with Gasteiger partial charge in [0.1, 0.15) is 0 Å². The zero-order valence-corrected chi connectivity index (χ0v) is 39.0. The standard InChI is InChI=1S/C67H51N/c1-65(2)59-29-17-15-26-57(59)64-52(27-18-30-60(64)65)46-33-38-55-56-40-37-51(43-63(56)67(62(55)41-46,47-21-10-6-11-22-47)48-23-12-7-13-24-48)68(49-34-31-45(32-35-49)44-19-8-5-9-20-44)50-36-39-54-53-25-14-16-28-58(53)66(3,4)61(54)42-50/h5-43H,1-4H3. The van der Waals surface area contributed by atoms with Crippen molar-refractivity contribution in [2.24, 2.45) is 0 Å². The van der Waals surface area contributed by atoms with E-state index in [1.807, 2.05) is 0 Å². The third kappa shape index (κ3) is 5.75. The molecule has 0 N–H and O–H groups in total. The molecule has 0 heterocycles. The zero-order valence-electron chi connectivity index (χ0n) is 39.0. The number of hydrogen-bond donors (Lipinski definition) is 0. The Morgan fingerprint density at radius 2 is 0.676 bits per heavy atom. The molecule has 10 aromatic rings. The third-order valence-corrected chi connectivity index (χ3v) is 15.8. The van der Waals surface area contributed by atoms with Gasteiger partial charge in [0.15, 0.2) is 0 Å². The number of benzene rings is 10. The second-order valence-corrected chi connectivity index (χ2v) is 20.0. The van der Waals surface area contributed by atoms with E-state index in [0.29, 0.717) is 0 Å². The minimum atomic E-state index is -0.612. The van der Waals surface area contributed by atoms with Crippen molar-refractivity contribution in [2.45, 2.75) is 43.9 Å². The summed E-state index contributed by atoms with van der Waals surface area (Å²) in [6.07, 6.45) is 0. The lowest BCUT2D eigenvalue weighted by Gasteiger charge is -2.35. The first-order valence-corrected chi connectivity index (χ1v) is 24.1. The molecule has 0 fully saturated rings. The predicted octanol–water partition coefficient (Wildman–Crippen LogP) is 17.5. The fraction of sp³-hybridized carbons (Fsp3) is 0.104. The van der Waals surface area contributed by atoms with Crippen LogP contribution >= 0.6 is 0 Å². The maximum Gasteiger partial charge on any atom is 0.0714 e. The Hall–Kier alpha value is -8.00. The minimum absolute atomic E-state index is 0.0879. The summed E-state index contributed by atoms with van der Waals surface area (Å²) in [7, 11) is 0. The van der Waals surface area contributed by atoms with E-state index in [9.17, 15) is 0 Å². The van der Waals surface area contributed by atoms with Crippen molar-refractivity contribution < 1.29 is 0 Å². The Labute approximate surface area is 400 Å². The Bertz CT molecular complexity index is 3560. The second kappa shape index (κ2) is 15.0. The van der Waals surface area contributed by atoms with Gasteiger partial charge in [-0.2, -0.15) is 0 Å². The van der Waals surface area contributed by atoms with Gasteiger partial charge in [-0.25, -0.2) is 0 Å². The van der Waals surface area contributed by atoms with E-state index < -0.39 is 5.41 Å². The molecule has 3 aliphatic rings. The molecule has 0 aliphatic heterocycles. The van der Waals surface area contributed by atoms with Gasteiger partial charge in [-0.1, -0.05) is 222 Å². The summed E-state index contributed by atoms with van der Waals surface area (Å²) in [5.74, 6) is 0. The summed E-state index contributed by atoms with van der Waals surface area (Å²) in [6.45, 7) is 9.49. The van der Waals surface area contributed by atoms with Crippen LogP contribution in [0.3, 0.4) is 0 Å². The van der Waals surface area contributed by atoms with Crippen molar-refractivity contribution in [3.63, 3.8) is 0 Å². The van der Waals surface area contributed by atoms with Crippen molar-refractivity contribution in [3.8, 4) is 55.6 Å². The van der Waals surface area contributed by atoms with Crippen LogP contribution in [0.4, 0.5) is 17.1 Å². The quantitative estimate of drug-likeness (QED) is 0.154. The minimum Gasteiger partial charge on any atom is -0.310 e. The molecule has 0 spiro atoms.